The van der Waals surface area contributed by atoms with Crippen molar-refractivity contribution in [1.82, 2.24) is 5.32 Å². The zero-order valence-electron chi connectivity index (χ0n) is 8.93. The summed E-state index contributed by atoms with van der Waals surface area (Å²) >= 11 is 0. The molecule has 0 rings (SSSR count). The van der Waals surface area contributed by atoms with E-state index in [4.69, 9.17) is 4.74 Å². The molecule has 1 amide bonds. The Kier molecular flexibility index (Phi) is 7.69. The number of unbranched alkanes of at least 4 members (excludes halogenated alkanes) is 2. The van der Waals surface area contributed by atoms with Crippen LogP contribution in [0.2, 0.25) is 0 Å². The number of carbonyl (C=O) groups is 1. The van der Waals surface area contributed by atoms with Gasteiger partial charge in [-0.05, 0) is 26.7 Å². The number of hydrogen-bond donors (Lipinski definition) is 1. The fourth-order valence-electron chi connectivity index (χ4n) is 1.01. The fourth-order valence-corrected chi connectivity index (χ4v) is 1.01. The van der Waals surface area contributed by atoms with E-state index in [-0.39, 0.29) is 5.91 Å². The third kappa shape index (κ3) is 9.34. The van der Waals surface area contributed by atoms with Gasteiger partial charge in [0.05, 0.1) is 6.10 Å². The largest absolute Gasteiger partial charge is 0.379 e. The van der Waals surface area contributed by atoms with Crippen molar-refractivity contribution in [3.05, 3.63) is 0 Å². The Morgan fingerprint density at radius 3 is 2.54 bits per heavy atom. The number of nitrogens with one attached hydrogen (secondary N) is 1. The molecule has 78 valence electrons. The molecule has 3 heteroatoms. The van der Waals surface area contributed by atoms with Crippen LogP contribution in [0.15, 0.2) is 0 Å². The SMILES string of the molecule is CNC(=O)CCCCCOC(C)C. The Morgan fingerprint density at radius 2 is 2.00 bits per heavy atom. The second-order valence-electron chi connectivity index (χ2n) is 3.40. The Bertz CT molecular complexity index is 135. The van der Waals surface area contributed by atoms with Crippen LogP contribution in [0, 0.1) is 0 Å². The van der Waals surface area contributed by atoms with Crippen molar-refractivity contribution in [2.24, 2.45) is 0 Å². The monoisotopic (exact) mass is 187 g/mol. The molecule has 0 aliphatic carbocycles. The molecule has 0 saturated carbocycles. The van der Waals surface area contributed by atoms with Crippen LogP contribution in [0.25, 0.3) is 0 Å². The quantitative estimate of drug-likeness (QED) is 0.616. The lowest BCUT2D eigenvalue weighted by Gasteiger charge is -2.06. The van der Waals surface area contributed by atoms with E-state index in [1.54, 1.807) is 7.05 Å². The normalized spacial score (nSPS) is 10.5. The van der Waals surface area contributed by atoms with E-state index in [1.807, 2.05) is 13.8 Å². The fraction of sp³-hybridized carbons (Fsp3) is 0.900. The minimum atomic E-state index is 0.129. The molecule has 1 N–H and O–H groups in total. The minimum Gasteiger partial charge on any atom is -0.379 e. The third-order valence-electron chi connectivity index (χ3n) is 1.78. The minimum absolute atomic E-state index is 0.129. The lowest BCUT2D eigenvalue weighted by atomic mass is 10.2. The molecule has 0 aromatic heterocycles. The molecule has 3 nitrogen and oxygen atoms in total. The molecular formula is C10H21NO2. The van der Waals surface area contributed by atoms with Gasteiger partial charge in [-0.3, -0.25) is 4.79 Å². The van der Waals surface area contributed by atoms with Gasteiger partial charge >= 0.3 is 0 Å². The molecule has 0 atom stereocenters. The van der Waals surface area contributed by atoms with E-state index < -0.39 is 0 Å². The first kappa shape index (κ1) is 12.4. The molecule has 0 aromatic rings. The lowest BCUT2D eigenvalue weighted by Crippen LogP contribution is -2.16. The highest BCUT2D eigenvalue weighted by atomic mass is 16.5. The Balaban J connectivity index is 3.04. The summed E-state index contributed by atoms with van der Waals surface area (Å²) in [6, 6.07) is 0. The average molecular weight is 187 g/mol. The standard InChI is InChI=1S/C10H21NO2/c1-9(2)13-8-6-4-5-7-10(12)11-3/h9H,4-8H2,1-3H3,(H,11,12). The topological polar surface area (TPSA) is 38.3 Å². The summed E-state index contributed by atoms with van der Waals surface area (Å²) in [6.45, 7) is 4.88. The number of hydrogen-bond acceptors (Lipinski definition) is 2. The highest BCUT2D eigenvalue weighted by Gasteiger charge is 1.97. The lowest BCUT2D eigenvalue weighted by molar-refractivity contribution is -0.120. The van der Waals surface area contributed by atoms with Crippen molar-refractivity contribution in [3.8, 4) is 0 Å². The molecule has 0 fully saturated rings. The van der Waals surface area contributed by atoms with Gasteiger partial charge in [0, 0.05) is 20.1 Å². The number of amides is 1. The molecule has 0 heterocycles. The smallest absolute Gasteiger partial charge is 0.219 e. The van der Waals surface area contributed by atoms with Crippen LogP contribution in [0.3, 0.4) is 0 Å². The predicted octanol–water partition coefficient (Wildman–Crippen LogP) is 1.72. The second-order valence-corrected chi connectivity index (χ2v) is 3.40. The number of carbonyl (C=O) groups excluding carboxylic acids is 1. The Hall–Kier alpha value is -0.570. The van der Waals surface area contributed by atoms with Crippen molar-refractivity contribution in [2.45, 2.75) is 45.6 Å². The first-order chi connectivity index (χ1) is 6.16. The number of ether oxygens (including phenoxy) is 1. The highest BCUT2D eigenvalue weighted by Crippen LogP contribution is 2.01. The van der Waals surface area contributed by atoms with E-state index in [9.17, 15) is 4.79 Å². The summed E-state index contributed by atoms with van der Waals surface area (Å²) in [5, 5.41) is 2.60. The predicted molar refractivity (Wildman–Crippen MR) is 53.6 cm³/mol. The van der Waals surface area contributed by atoms with Gasteiger partial charge in [0.2, 0.25) is 5.91 Å². The molecule has 0 aromatic carbocycles. The maximum Gasteiger partial charge on any atom is 0.219 e. The van der Waals surface area contributed by atoms with Gasteiger partial charge in [-0.2, -0.15) is 0 Å². The molecule has 0 radical (unpaired) electrons. The zero-order valence-corrected chi connectivity index (χ0v) is 8.93. The van der Waals surface area contributed by atoms with Crippen molar-refractivity contribution in [1.29, 1.82) is 0 Å². The van der Waals surface area contributed by atoms with Gasteiger partial charge < -0.3 is 10.1 Å². The van der Waals surface area contributed by atoms with Gasteiger partial charge in [-0.15, -0.1) is 0 Å². The van der Waals surface area contributed by atoms with Gasteiger partial charge in [0.25, 0.3) is 0 Å². The molecule has 0 unspecified atom stereocenters. The maximum absolute atomic E-state index is 10.8. The first-order valence-corrected chi connectivity index (χ1v) is 4.99. The van der Waals surface area contributed by atoms with E-state index in [0.717, 1.165) is 25.9 Å². The van der Waals surface area contributed by atoms with Crippen LogP contribution in [-0.4, -0.2) is 25.7 Å². The maximum atomic E-state index is 10.8. The first-order valence-electron chi connectivity index (χ1n) is 4.99. The van der Waals surface area contributed by atoms with Crippen molar-refractivity contribution < 1.29 is 9.53 Å². The van der Waals surface area contributed by atoms with E-state index >= 15 is 0 Å². The van der Waals surface area contributed by atoms with E-state index in [1.165, 1.54) is 0 Å². The summed E-state index contributed by atoms with van der Waals surface area (Å²) in [4.78, 5) is 10.8. The zero-order chi connectivity index (χ0) is 10.1. The van der Waals surface area contributed by atoms with Gasteiger partial charge in [0.15, 0.2) is 0 Å². The molecule has 0 aliphatic rings. The highest BCUT2D eigenvalue weighted by molar-refractivity contribution is 5.75. The third-order valence-corrected chi connectivity index (χ3v) is 1.78. The van der Waals surface area contributed by atoms with Crippen molar-refractivity contribution in [2.75, 3.05) is 13.7 Å². The van der Waals surface area contributed by atoms with Crippen molar-refractivity contribution >= 4 is 5.91 Å². The molecule has 13 heavy (non-hydrogen) atoms. The van der Waals surface area contributed by atoms with Crippen LogP contribution >= 0.6 is 0 Å². The molecule has 0 saturated heterocycles. The van der Waals surface area contributed by atoms with Crippen LogP contribution < -0.4 is 5.32 Å². The molecule has 0 aliphatic heterocycles. The molecular weight excluding hydrogens is 166 g/mol. The Labute approximate surface area is 80.8 Å². The summed E-state index contributed by atoms with van der Waals surface area (Å²) in [7, 11) is 1.67. The van der Waals surface area contributed by atoms with Gasteiger partial charge in [0.1, 0.15) is 0 Å². The summed E-state index contributed by atoms with van der Waals surface area (Å²) in [5.74, 6) is 0.129. The van der Waals surface area contributed by atoms with E-state index in [2.05, 4.69) is 5.32 Å². The summed E-state index contributed by atoms with van der Waals surface area (Å²) in [5.41, 5.74) is 0. The van der Waals surface area contributed by atoms with Crippen LogP contribution in [0.1, 0.15) is 39.5 Å². The van der Waals surface area contributed by atoms with Gasteiger partial charge in [-0.25, -0.2) is 0 Å². The van der Waals surface area contributed by atoms with Crippen LogP contribution in [0.4, 0.5) is 0 Å². The van der Waals surface area contributed by atoms with Crippen LogP contribution in [-0.2, 0) is 9.53 Å². The second kappa shape index (κ2) is 8.05. The van der Waals surface area contributed by atoms with E-state index in [0.29, 0.717) is 12.5 Å². The molecule has 0 bridgehead atoms. The van der Waals surface area contributed by atoms with Gasteiger partial charge in [-0.1, -0.05) is 6.42 Å². The molecule has 0 spiro atoms. The summed E-state index contributed by atoms with van der Waals surface area (Å²) in [6.07, 6.45) is 4.04. The Morgan fingerprint density at radius 1 is 1.31 bits per heavy atom. The van der Waals surface area contributed by atoms with Crippen molar-refractivity contribution in [3.63, 3.8) is 0 Å². The average Bonchev–Trinajstić information content (AvgIpc) is 2.10. The number of rotatable bonds is 7. The summed E-state index contributed by atoms with van der Waals surface area (Å²) < 4.78 is 5.37. The van der Waals surface area contributed by atoms with Crippen LogP contribution in [0.5, 0.6) is 0 Å².